The fourth-order valence-electron chi connectivity index (χ4n) is 1.85. The van der Waals surface area contributed by atoms with Crippen LogP contribution in [0.5, 0.6) is 0 Å². The van der Waals surface area contributed by atoms with E-state index in [0.717, 1.165) is 10.9 Å². The second-order valence-corrected chi connectivity index (χ2v) is 4.33. The minimum Gasteiger partial charge on any atom is -0.388 e. The number of alkyl halides is 1. The van der Waals surface area contributed by atoms with E-state index in [0.29, 0.717) is 5.33 Å². The zero-order valence-electron chi connectivity index (χ0n) is 8.57. The molecule has 0 radical (unpaired) electrons. The Bertz CT molecular complexity index is 479. The topological polar surface area (TPSA) is 20.2 Å². The number of aliphatic hydroxyl groups excluding tert-OH is 1. The number of hydrogen-bond acceptors (Lipinski definition) is 1. The summed E-state index contributed by atoms with van der Waals surface area (Å²) in [6.45, 7) is 2.09. The van der Waals surface area contributed by atoms with Crippen LogP contribution in [0.3, 0.4) is 0 Å². The van der Waals surface area contributed by atoms with Gasteiger partial charge in [-0.1, -0.05) is 52.3 Å². The highest BCUT2D eigenvalue weighted by Crippen LogP contribution is 2.27. The van der Waals surface area contributed by atoms with E-state index >= 15 is 0 Å². The van der Waals surface area contributed by atoms with Gasteiger partial charge in [-0.15, -0.1) is 0 Å². The molecule has 0 fully saturated rings. The quantitative estimate of drug-likeness (QED) is 0.823. The molecule has 1 nitrogen and oxygen atoms in total. The first kappa shape index (κ1) is 10.7. The molecule has 2 heteroatoms. The maximum Gasteiger partial charge on any atom is 0.0892 e. The normalized spacial score (nSPS) is 13.0. The molecule has 0 aliphatic heterocycles. The molecule has 0 saturated carbocycles. The van der Waals surface area contributed by atoms with Crippen LogP contribution in [0.15, 0.2) is 36.4 Å². The molecule has 1 atom stereocenters. The van der Waals surface area contributed by atoms with Crippen LogP contribution in [0.1, 0.15) is 17.2 Å². The molecule has 78 valence electrons. The van der Waals surface area contributed by atoms with Gasteiger partial charge in [0.15, 0.2) is 0 Å². The van der Waals surface area contributed by atoms with Gasteiger partial charge in [-0.05, 0) is 28.8 Å². The van der Waals surface area contributed by atoms with Gasteiger partial charge in [-0.2, -0.15) is 0 Å². The molecule has 0 bridgehead atoms. The molecule has 0 aliphatic rings. The lowest BCUT2D eigenvalue weighted by atomic mass is 9.98. The van der Waals surface area contributed by atoms with Gasteiger partial charge in [0, 0.05) is 5.33 Å². The monoisotopic (exact) mass is 264 g/mol. The predicted molar refractivity (Wildman–Crippen MR) is 67.4 cm³/mol. The van der Waals surface area contributed by atoms with Crippen molar-refractivity contribution in [2.24, 2.45) is 0 Å². The Labute approximate surface area is 97.9 Å². The summed E-state index contributed by atoms with van der Waals surface area (Å²) in [4.78, 5) is 0. The van der Waals surface area contributed by atoms with Gasteiger partial charge in [0.2, 0.25) is 0 Å². The molecule has 0 unspecified atom stereocenters. The van der Waals surface area contributed by atoms with Crippen LogP contribution in [0, 0.1) is 6.92 Å². The molecule has 0 saturated heterocycles. The van der Waals surface area contributed by atoms with E-state index in [1.807, 2.05) is 18.2 Å². The molecule has 0 spiro atoms. The van der Waals surface area contributed by atoms with Gasteiger partial charge in [0.1, 0.15) is 0 Å². The zero-order valence-corrected chi connectivity index (χ0v) is 10.2. The van der Waals surface area contributed by atoms with Crippen molar-refractivity contribution >= 4 is 26.7 Å². The average molecular weight is 265 g/mol. The minimum absolute atomic E-state index is 0.435. The summed E-state index contributed by atoms with van der Waals surface area (Å²) < 4.78 is 0. The summed E-state index contributed by atoms with van der Waals surface area (Å²) in [5.74, 6) is 0. The average Bonchev–Trinajstić information content (AvgIpc) is 2.29. The minimum atomic E-state index is -0.435. The summed E-state index contributed by atoms with van der Waals surface area (Å²) in [6, 6.07) is 12.2. The first-order valence-corrected chi connectivity index (χ1v) is 6.08. The second kappa shape index (κ2) is 4.33. The highest BCUT2D eigenvalue weighted by Gasteiger charge is 2.10. The van der Waals surface area contributed by atoms with Gasteiger partial charge < -0.3 is 5.11 Å². The van der Waals surface area contributed by atoms with E-state index in [2.05, 4.69) is 41.1 Å². The van der Waals surface area contributed by atoms with E-state index in [1.54, 1.807) is 0 Å². The standard InChI is InChI=1S/C13H13BrO/c1-9-6-7-12(13(15)8-14)11-5-3-2-4-10(9)11/h2-7,13,15H,8H2,1H3/t13-/m1/s1. The Kier molecular flexibility index (Phi) is 3.08. The van der Waals surface area contributed by atoms with Crippen LogP contribution in [-0.2, 0) is 0 Å². The number of aryl methyl sites for hydroxylation is 1. The van der Waals surface area contributed by atoms with Gasteiger partial charge >= 0.3 is 0 Å². The van der Waals surface area contributed by atoms with Gasteiger partial charge in [-0.3, -0.25) is 0 Å². The lowest BCUT2D eigenvalue weighted by Crippen LogP contribution is -1.99. The summed E-state index contributed by atoms with van der Waals surface area (Å²) in [5.41, 5.74) is 2.24. The maximum absolute atomic E-state index is 9.87. The molecule has 1 N–H and O–H groups in total. The Morgan fingerprint density at radius 3 is 2.47 bits per heavy atom. The van der Waals surface area contributed by atoms with Gasteiger partial charge in [0.25, 0.3) is 0 Å². The van der Waals surface area contributed by atoms with Crippen LogP contribution in [0.2, 0.25) is 0 Å². The number of aliphatic hydroxyl groups is 1. The van der Waals surface area contributed by atoms with E-state index in [1.165, 1.54) is 10.9 Å². The molecular formula is C13H13BrO. The maximum atomic E-state index is 9.87. The molecule has 2 aromatic carbocycles. The summed E-state index contributed by atoms with van der Waals surface area (Å²) in [6.07, 6.45) is -0.435. The fraction of sp³-hybridized carbons (Fsp3) is 0.231. The van der Waals surface area contributed by atoms with Crippen LogP contribution in [0.4, 0.5) is 0 Å². The van der Waals surface area contributed by atoms with E-state index in [4.69, 9.17) is 0 Å². The van der Waals surface area contributed by atoms with E-state index in [9.17, 15) is 5.11 Å². The van der Waals surface area contributed by atoms with Crippen molar-refractivity contribution in [1.82, 2.24) is 0 Å². The van der Waals surface area contributed by atoms with Crippen molar-refractivity contribution in [2.75, 3.05) is 5.33 Å². The third-order valence-electron chi connectivity index (χ3n) is 2.68. The van der Waals surface area contributed by atoms with E-state index < -0.39 is 6.10 Å². The highest BCUT2D eigenvalue weighted by atomic mass is 79.9. The highest BCUT2D eigenvalue weighted by molar-refractivity contribution is 9.09. The van der Waals surface area contributed by atoms with Crippen molar-refractivity contribution < 1.29 is 5.11 Å². The first-order valence-electron chi connectivity index (χ1n) is 4.96. The number of benzene rings is 2. The number of halogens is 1. The number of rotatable bonds is 2. The van der Waals surface area contributed by atoms with Crippen molar-refractivity contribution in [3.05, 3.63) is 47.5 Å². The largest absolute Gasteiger partial charge is 0.388 e. The summed E-state index contributed by atoms with van der Waals surface area (Å²) in [5, 5.41) is 12.8. The first-order chi connectivity index (χ1) is 7.24. The molecule has 0 aromatic heterocycles. The fourth-order valence-corrected chi connectivity index (χ4v) is 2.20. The van der Waals surface area contributed by atoms with Gasteiger partial charge in [-0.25, -0.2) is 0 Å². The van der Waals surface area contributed by atoms with Crippen LogP contribution >= 0.6 is 15.9 Å². The molecule has 0 aliphatic carbocycles. The van der Waals surface area contributed by atoms with E-state index in [-0.39, 0.29) is 0 Å². The Balaban J connectivity index is 2.71. The third-order valence-corrected chi connectivity index (χ3v) is 3.29. The SMILES string of the molecule is Cc1ccc([C@H](O)CBr)c2ccccc12. The summed E-state index contributed by atoms with van der Waals surface area (Å²) >= 11 is 3.31. The third kappa shape index (κ3) is 1.92. The lowest BCUT2D eigenvalue weighted by molar-refractivity contribution is 0.207. The van der Waals surface area contributed by atoms with Crippen LogP contribution in [-0.4, -0.2) is 10.4 Å². The predicted octanol–water partition coefficient (Wildman–Crippen LogP) is 3.58. The Hall–Kier alpha value is -0.860. The molecule has 0 amide bonds. The molecule has 2 rings (SSSR count). The molecule has 2 aromatic rings. The molecule has 15 heavy (non-hydrogen) atoms. The number of fused-ring (bicyclic) bond motifs is 1. The van der Waals surface area contributed by atoms with Crippen molar-refractivity contribution in [3.63, 3.8) is 0 Å². The van der Waals surface area contributed by atoms with Crippen LogP contribution < -0.4 is 0 Å². The Morgan fingerprint density at radius 1 is 1.13 bits per heavy atom. The zero-order chi connectivity index (χ0) is 10.8. The van der Waals surface area contributed by atoms with Gasteiger partial charge in [0.05, 0.1) is 6.10 Å². The van der Waals surface area contributed by atoms with Crippen LogP contribution in [0.25, 0.3) is 10.8 Å². The second-order valence-electron chi connectivity index (χ2n) is 3.69. The summed E-state index contributed by atoms with van der Waals surface area (Å²) in [7, 11) is 0. The molecule has 0 heterocycles. The Morgan fingerprint density at radius 2 is 1.80 bits per heavy atom. The smallest absolute Gasteiger partial charge is 0.0892 e. The van der Waals surface area contributed by atoms with Crippen molar-refractivity contribution in [1.29, 1.82) is 0 Å². The lowest BCUT2D eigenvalue weighted by Gasteiger charge is -2.12. The number of hydrogen-bond donors (Lipinski definition) is 1. The molecular weight excluding hydrogens is 252 g/mol. The van der Waals surface area contributed by atoms with Crippen molar-refractivity contribution in [3.8, 4) is 0 Å². The van der Waals surface area contributed by atoms with Crippen molar-refractivity contribution in [2.45, 2.75) is 13.0 Å².